The smallest absolute Gasteiger partial charge is 0.170 e. The normalized spacial score (nSPS) is 11.2. The third-order valence-electron chi connectivity index (χ3n) is 2.36. The molecule has 0 aliphatic carbocycles. The van der Waals surface area contributed by atoms with E-state index < -0.39 is 5.82 Å². The Bertz CT molecular complexity index is 540. The van der Waals surface area contributed by atoms with Crippen LogP contribution in [0.3, 0.4) is 0 Å². The van der Waals surface area contributed by atoms with E-state index in [-0.39, 0.29) is 10.7 Å². The van der Waals surface area contributed by atoms with Gasteiger partial charge in [-0.05, 0) is 22.6 Å². The Morgan fingerprint density at radius 3 is 2.94 bits per heavy atom. The molecule has 0 saturated carbocycles. The number of hydrogen-bond donors (Lipinski definition) is 1. The summed E-state index contributed by atoms with van der Waals surface area (Å²) in [6.45, 7) is 4.47. The molecule has 0 spiro atoms. The molecule has 0 bridgehead atoms. The van der Waals surface area contributed by atoms with E-state index in [0.29, 0.717) is 18.4 Å². The molecular weight excluding hydrogens is 257 g/mol. The van der Waals surface area contributed by atoms with Crippen molar-refractivity contribution in [3.8, 4) is 5.69 Å². The van der Waals surface area contributed by atoms with Crippen molar-refractivity contribution in [1.29, 1.82) is 0 Å². The highest BCUT2D eigenvalue weighted by Crippen LogP contribution is 2.21. The molecule has 1 aromatic carbocycles. The molecule has 0 aliphatic rings. The number of tetrazole rings is 1. The second kappa shape index (κ2) is 5.41. The van der Waals surface area contributed by atoms with Crippen LogP contribution < -0.4 is 5.32 Å². The minimum absolute atomic E-state index is 0.0470. The molecule has 1 N–H and O–H groups in total. The molecule has 0 aliphatic heterocycles. The summed E-state index contributed by atoms with van der Waals surface area (Å²) in [5.74, 6) is 0.00197. The number of nitrogens with one attached hydrogen (secondary N) is 1. The van der Waals surface area contributed by atoms with Crippen molar-refractivity contribution in [2.24, 2.45) is 0 Å². The second-order valence-electron chi connectivity index (χ2n) is 4.12. The van der Waals surface area contributed by atoms with Crippen LogP contribution in [-0.4, -0.2) is 26.2 Å². The second-order valence-corrected chi connectivity index (χ2v) is 4.52. The molecule has 96 valence electrons. The Labute approximate surface area is 109 Å². The van der Waals surface area contributed by atoms with Gasteiger partial charge in [-0.2, -0.15) is 4.68 Å². The maximum absolute atomic E-state index is 13.9. The SMILES string of the molecule is CC(C)NCc1nnnn1-c1cccc(Cl)c1F. The quantitative estimate of drug-likeness (QED) is 0.922. The molecule has 1 heterocycles. The zero-order valence-corrected chi connectivity index (χ0v) is 10.8. The van der Waals surface area contributed by atoms with Crippen LogP contribution in [0.2, 0.25) is 5.02 Å². The van der Waals surface area contributed by atoms with Crippen molar-refractivity contribution in [3.63, 3.8) is 0 Å². The molecule has 0 saturated heterocycles. The molecule has 0 amide bonds. The fourth-order valence-corrected chi connectivity index (χ4v) is 1.62. The minimum Gasteiger partial charge on any atom is -0.308 e. The summed E-state index contributed by atoms with van der Waals surface area (Å²) >= 11 is 5.74. The van der Waals surface area contributed by atoms with Crippen LogP contribution in [0.5, 0.6) is 0 Å². The van der Waals surface area contributed by atoms with Gasteiger partial charge in [0.1, 0.15) is 5.69 Å². The van der Waals surface area contributed by atoms with E-state index in [4.69, 9.17) is 11.6 Å². The van der Waals surface area contributed by atoms with Crippen LogP contribution in [0, 0.1) is 5.82 Å². The Balaban J connectivity index is 2.33. The summed E-state index contributed by atoms with van der Waals surface area (Å²) in [6.07, 6.45) is 0. The summed E-state index contributed by atoms with van der Waals surface area (Å²) in [5.41, 5.74) is 0.244. The fraction of sp³-hybridized carbons (Fsp3) is 0.364. The van der Waals surface area contributed by atoms with Gasteiger partial charge in [-0.25, -0.2) is 4.39 Å². The van der Waals surface area contributed by atoms with E-state index in [2.05, 4.69) is 20.8 Å². The third-order valence-corrected chi connectivity index (χ3v) is 2.65. The lowest BCUT2D eigenvalue weighted by atomic mass is 10.3. The minimum atomic E-state index is -0.530. The van der Waals surface area contributed by atoms with Gasteiger partial charge in [0.2, 0.25) is 0 Å². The first-order valence-corrected chi connectivity index (χ1v) is 5.92. The molecule has 2 rings (SSSR count). The van der Waals surface area contributed by atoms with Crippen LogP contribution in [-0.2, 0) is 6.54 Å². The monoisotopic (exact) mass is 269 g/mol. The zero-order chi connectivity index (χ0) is 13.1. The highest BCUT2D eigenvalue weighted by molar-refractivity contribution is 6.30. The van der Waals surface area contributed by atoms with Crippen molar-refractivity contribution in [2.75, 3.05) is 0 Å². The average molecular weight is 270 g/mol. The lowest BCUT2D eigenvalue weighted by Crippen LogP contribution is -2.24. The van der Waals surface area contributed by atoms with Gasteiger partial charge in [-0.3, -0.25) is 0 Å². The average Bonchev–Trinajstić information content (AvgIpc) is 2.78. The molecule has 5 nitrogen and oxygen atoms in total. The van der Waals surface area contributed by atoms with E-state index >= 15 is 0 Å². The predicted octanol–water partition coefficient (Wildman–Crippen LogP) is 1.95. The molecule has 1 aromatic heterocycles. The number of hydrogen-bond acceptors (Lipinski definition) is 4. The summed E-state index contributed by atoms with van der Waals surface area (Å²) < 4.78 is 15.2. The molecule has 0 fully saturated rings. The number of rotatable bonds is 4. The molecule has 18 heavy (non-hydrogen) atoms. The Kier molecular flexibility index (Phi) is 3.88. The summed E-state index contributed by atoms with van der Waals surface area (Å²) in [7, 11) is 0. The van der Waals surface area contributed by atoms with Gasteiger partial charge in [-0.15, -0.1) is 5.10 Å². The molecular formula is C11H13ClFN5. The van der Waals surface area contributed by atoms with Gasteiger partial charge in [0.25, 0.3) is 0 Å². The van der Waals surface area contributed by atoms with E-state index in [1.807, 2.05) is 13.8 Å². The van der Waals surface area contributed by atoms with Crippen LogP contribution in [0.15, 0.2) is 18.2 Å². The van der Waals surface area contributed by atoms with Gasteiger partial charge in [0, 0.05) is 6.04 Å². The van der Waals surface area contributed by atoms with Crippen LogP contribution in [0.25, 0.3) is 5.69 Å². The van der Waals surface area contributed by atoms with Crippen molar-refractivity contribution < 1.29 is 4.39 Å². The van der Waals surface area contributed by atoms with Crippen LogP contribution in [0.1, 0.15) is 19.7 Å². The number of aromatic nitrogens is 4. The van der Waals surface area contributed by atoms with E-state index in [9.17, 15) is 4.39 Å². The number of halogens is 2. The molecule has 0 radical (unpaired) electrons. The first-order valence-electron chi connectivity index (χ1n) is 5.54. The predicted molar refractivity (Wildman–Crippen MR) is 66.1 cm³/mol. The fourth-order valence-electron chi connectivity index (χ4n) is 1.45. The van der Waals surface area contributed by atoms with Gasteiger partial charge in [-0.1, -0.05) is 31.5 Å². The highest BCUT2D eigenvalue weighted by Gasteiger charge is 2.14. The number of benzene rings is 1. The Morgan fingerprint density at radius 2 is 2.22 bits per heavy atom. The maximum Gasteiger partial charge on any atom is 0.170 e. The molecule has 2 aromatic rings. The van der Waals surface area contributed by atoms with Crippen molar-refractivity contribution in [1.82, 2.24) is 25.5 Å². The van der Waals surface area contributed by atoms with E-state index in [1.165, 1.54) is 10.7 Å². The molecule has 7 heteroatoms. The summed E-state index contributed by atoms with van der Waals surface area (Å²) in [6, 6.07) is 5.01. The standard InChI is InChI=1S/C11H13ClFN5/c1-7(2)14-6-10-15-16-17-18(10)9-5-3-4-8(12)11(9)13/h3-5,7,14H,6H2,1-2H3. The highest BCUT2D eigenvalue weighted by atomic mass is 35.5. The Morgan fingerprint density at radius 1 is 1.44 bits per heavy atom. The summed E-state index contributed by atoms with van der Waals surface area (Å²) in [4.78, 5) is 0. The van der Waals surface area contributed by atoms with E-state index in [0.717, 1.165) is 0 Å². The van der Waals surface area contributed by atoms with Crippen molar-refractivity contribution in [3.05, 3.63) is 34.9 Å². The van der Waals surface area contributed by atoms with Crippen LogP contribution in [0.4, 0.5) is 4.39 Å². The lowest BCUT2D eigenvalue weighted by molar-refractivity contribution is 0.555. The molecule has 0 atom stereocenters. The van der Waals surface area contributed by atoms with Gasteiger partial charge in [0.05, 0.1) is 11.6 Å². The lowest BCUT2D eigenvalue weighted by Gasteiger charge is -2.09. The number of nitrogens with zero attached hydrogens (tertiary/aromatic N) is 4. The van der Waals surface area contributed by atoms with Gasteiger partial charge < -0.3 is 5.32 Å². The van der Waals surface area contributed by atoms with Crippen molar-refractivity contribution >= 4 is 11.6 Å². The van der Waals surface area contributed by atoms with Gasteiger partial charge in [0.15, 0.2) is 11.6 Å². The Hall–Kier alpha value is -1.53. The maximum atomic E-state index is 13.9. The van der Waals surface area contributed by atoms with Crippen molar-refractivity contribution in [2.45, 2.75) is 26.4 Å². The molecule has 0 unspecified atom stereocenters. The van der Waals surface area contributed by atoms with Crippen LogP contribution >= 0.6 is 11.6 Å². The summed E-state index contributed by atoms with van der Waals surface area (Å²) in [5, 5.41) is 14.4. The topological polar surface area (TPSA) is 55.6 Å². The largest absolute Gasteiger partial charge is 0.308 e. The zero-order valence-electron chi connectivity index (χ0n) is 10.1. The first-order chi connectivity index (χ1) is 8.59. The van der Waals surface area contributed by atoms with E-state index in [1.54, 1.807) is 12.1 Å². The third kappa shape index (κ3) is 2.65. The van der Waals surface area contributed by atoms with Gasteiger partial charge >= 0.3 is 0 Å². The first kappa shape index (κ1) is 12.9.